The first-order valence-electron chi connectivity index (χ1n) is 10.8. The summed E-state index contributed by atoms with van der Waals surface area (Å²) >= 11 is 0. The van der Waals surface area contributed by atoms with Crippen LogP contribution in [0.15, 0.2) is 57.9 Å². The first kappa shape index (κ1) is 23.1. The molecule has 0 aliphatic carbocycles. The van der Waals surface area contributed by atoms with Crippen molar-refractivity contribution in [2.24, 2.45) is 0 Å². The highest BCUT2D eigenvalue weighted by atomic mass is 32.2. The molecular formula is C23H26N4O5S. The van der Waals surface area contributed by atoms with Gasteiger partial charge in [-0.15, -0.1) is 0 Å². The van der Waals surface area contributed by atoms with Gasteiger partial charge in [-0.3, -0.25) is 4.90 Å². The Bertz CT molecular complexity index is 1220. The van der Waals surface area contributed by atoms with E-state index in [-0.39, 0.29) is 17.1 Å². The minimum atomic E-state index is -3.72. The fourth-order valence-electron chi connectivity index (χ4n) is 3.61. The molecule has 0 spiro atoms. The van der Waals surface area contributed by atoms with Gasteiger partial charge in [-0.25, -0.2) is 13.2 Å². The van der Waals surface area contributed by atoms with Crippen LogP contribution < -0.4 is 0 Å². The lowest BCUT2D eigenvalue weighted by Gasteiger charge is -2.33. The van der Waals surface area contributed by atoms with Crippen LogP contribution in [0.3, 0.4) is 0 Å². The van der Waals surface area contributed by atoms with Crippen molar-refractivity contribution in [1.82, 2.24) is 19.3 Å². The van der Waals surface area contributed by atoms with Crippen molar-refractivity contribution in [3.63, 3.8) is 0 Å². The molecule has 10 heteroatoms. The Morgan fingerprint density at radius 1 is 1.09 bits per heavy atom. The van der Waals surface area contributed by atoms with E-state index in [9.17, 15) is 13.2 Å². The molecule has 2 aromatic carbocycles. The number of aryl methyl sites for hydroxylation is 1. The largest absolute Gasteiger partial charge is 0.462 e. The fraction of sp³-hybridized carbons (Fsp3) is 0.348. The van der Waals surface area contributed by atoms with Crippen molar-refractivity contribution in [3.05, 3.63) is 65.5 Å². The van der Waals surface area contributed by atoms with Crippen LogP contribution in [0.5, 0.6) is 0 Å². The number of ether oxygens (including phenoxy) is 1. The van der Waals surface area contributed by atoms with Gasteiger partial charge in [0.1, 0.15) is 0 Å². The third-order valence-electron chi connectivity index (χ3n) is 5.45. The zero-order valence-electron chi connectivity index (χ0n) is 18.6. The number of rotatable bonds is 7. The van der Waals surface area contributed by atoms with Crippen molar-refractivity contribution in [1.29, 1.82) is 0 Å². The van der Waals surface area contributed by atoms with Gasteiger partial charge >= 0.3 is 5.97 Å². The van der Waals surface area contributed by atoms with E-state index in [4.69, 9.17) is 9.26 Å². The number of piperazine rings is 1. The van der Waals surface area contributed by atoms with Gasteiger partial charge in [0, 0.05) is 31.7 Å². The number of carbonyl (C=O) groups is 1. The van der Waals surface area contributed by atoms with Crippen molar-refractivity contribution in [2.75, 3.05) is 32.8 Å². The van der Waals surface area contributed by atoms with E-state index in [1.165, 1.54) is 16.4 Å². The standard InChI is InChI=1S/C23H26N4O5S/c1-3-31-23(28)19-5-4-6-20(15-19)33(29,30)27-13-11-26(12-14-27)16-21-24-22(25-32-21)18-9-7-17(2)8-10-18/h4-10,15H,3,11-14,16H2,1-2H3. The molecule has 9 nitrogen and oxygen atoms in total. The second kappa shape index (κ2) is 9.82. The molecule has 0 N–H and O–H groups in total. The molecule has 1 aromatic heterocycles. The van der Waals surface area contributed by atoms with Crippen LogP contribution >= 0.6 is 0 Å². The zero-order valence-corrected chi connectivity index (χ0v) is 19.4. The predicted octanol–water partition coefficient (Wildman–Crippen LogP) is 2.73. The summed E-state index contributed by atoms with van der Waals surface area (Å²) < 4.78 is 38.0. The monoisotopic (exact) mass is 470 g/mol. The summed E-state index contributed by atoms with van der Waals surface area (Å²) in [7, 11) is -3.72. The van der Waals surface area contributed by atoms with Gasteiger partial charge in [0.2, 0.25) is 21.7 Å². The van der Waals surface area contributed by atoms with Crippen molar-refractivity contribution in [2.45, 2.75) is 25.3 Å². The van der Waals surface area contributed by atoms with E-state index in [0.717, 1.165) is 11.1 Å². The van der Waals surface area contributed by atoms with Crippen LogP contribution in [0.1, 0.15) is 28.7 Å². The summed E-state index contributed by atoms with van der Waals surface area (Å²) in [5, 5.41) is 4.05. The van der Waals surface area contributed by atoms with Crippen LogP contribution in [0.4, 0.5) is 0 Å². The smallest absolute Gasteiger partial charge is 0.338 e. The number of nitrogens with zero attached hydrogens (tertiary/aromatic N) is 4. The molecule has 4 rings (SSSR count). The number of aromatic nitrogens is 2. The maximum atomic E-state index is 13.1. The summed E-state index contributed by atoms with van der Waals surface area (Å²) in [4.78, 5) is 18.6. The van der Waals surface area contributed by atoms with E-state index < -0.39 is 16.0 Å². The molecule has 1 aliphatic heterocycles. The Morgan fingerprint density at radius 2 is 1.82 bits per heavy atom. The Labute approximate surface area is 193 Å². The van der Waals surface area contributed by atoms with E-state index in [1.54, 1.807) is 19.1 Å². The molecule has 33 heavy (non-hydrogen) atoms. The second-order valence-electron chi connectivity index (χ2n) is 7.81. The number of hydrogen-bond acceptors (Lipinski definition) is 8. The molecule has 0 bridgehead atoms. The Hall–Kier alpha value is -3.08. The summed E-state index contributed by atoms with van der Waals surface area (Å²) in [6.07, 6.45) is 0. The van der Waals surface area contributed by atoms with Gasteiger partial charge in [0.15, 0.2) is 0 Å². The van der Waals surface area contributed by atoms with E-state index in [0.29, 0.717) is 44.4 Å². The number of carbonyl (C=O) groups excluding carboxylic acids is 1. The zero-order chi connectivity index (χ0) is 23.4. The van der Waals surface area contributed by atoms with Gasteiger partial charge < -0.3 is 9.26 Å². The first-order chi connectivity index (χ1) is 15.9. The average Bonchev–Trinajstić information content (AvgIpc) is 3.28. The summed E-state index contributed by atoms with van der Waals surface area (Å²) in [5.74, 6) is 0.487. The molecule has 1 aliphatic rings. The molecule has 0 saturated carbocycles. The van der Waals surface area contributed by atoms with Crippen LogP contribution in [-0.2, 0) is 21.3 Å². The lowest BCUT2D eigenvalue weighted by atomic mass is 10.1. The van der Waals surface area contributed by atoms with Gasteiger partial charge in [-0.2, -0.15) is 9.29 Å². The second-order valence-corrected chi connectivity index (χ2v) is 9.74. The number of esters is 1. The van der Waals surface area contributed by atoms with Crippen molar-refractivity contribution < 1.29 is 22.5 Å². The molecule has 0 radical (unpaired) electrons. The molecule has 0 unspecified atom stereocenters. The minimum Gasteiger partial charge on any atom is -0.462 e. The maximum absolute atomic E-state index is 13.1. The lowest BCUT2D eigenvalue weighted by Crippen LogP contribution is -2.48. The molecule has 2 heterocycles. The molecule has 174 valence electrons. The molecule has 1 fully saturated rings. The van der Waals surface area contributed by atoms with Crippen LogP contribution in [0, 0.1) is 6.92 Å². The minimum absolute atomic E-state index is 0.0844. The Morgan fingerprint density at radius 3 is 2.52 bits per heavy atom. The number of sulfonamides is 1. The van der Waals surface area contributed by atoms with Gasteiger partial charge in [-0.1, -0.05) is 41.1 Å². The summed E-state index contributed by atoms with van der Waals surface area (Å²) in [6.45, 7) is 6.10. The number of benzene rings is 2. The normalized spacial score (nSPS) is 15.5. The highest BCUT2D eigenvalue weighted by Crippen LogP contribution is 2.21. The Kier molecular flexibility index (Phi) is 6.87. The van der Waals surface area contributed by atoms with E-state index >= 15 is 0 Å². The highest BCUT2D eigenvalue weighted by molar-refractivity contribution is 7.89. The summed E-state index contributed by atoms with van der Waals surface area (Å²) in [6, 6.07) is 13.8. The van der Waals surface area contributed by atoms with Gasteiger partial charge in [0.25, 0.3) is 0 Å². The first-order valence-corrected chi connectivity index (χ1v) is 12.2. The molecule has 3 aromatic rings. The van der Waals surface area contributed by atoms with E-state index in [1.807, 2.05) is 31.2 Å². The van der Waals surface area contributed by atoms with Gasteiger partial charge in [-0.05, 0) is 32.0 Å². The predicted molar refractivity (Wildman–Crippen MR) is 121 cm³/mol. The van der Waals surface area contributed by atoms with Crippen LogP contribution in [0.2, 0.25) is 0 Å². The van der Waals surface area contributed by atoms with Crippen molar-refractivity contribution in [3.8, 4) is 11.4 Å². The fourth-order valence-corrected chi connectivity index (χ4v) is 5.07. The van der Waals surface area contributed by atoms with Crippen LogP contribution in [-0.4, -0.2) is 66.5 Å². The molecular weight excluding hydrogens is 444 g/mol. The van der Waals surface area contributed by atoms with Crippen LogP contribution in [0.25, 0.3) is 11.4 Å². The number of hydrogen-bond donors (Lipinski definition) is 0. The van der Waals surface area contributed by atoms with Crippen molar-refractivity contribution >= 4 is 16.0 Å². The topological polar surface area (TPSA) is 106 Å². The lowest BCUT2D eigenvalue weighted by molar-refractivity contribution is 0.0526. The molecule has 1 saturated heterocycles. The third kappa shape index (κ3) is 5.29. The van der Waals surface area contributed by atoms with Gasteiger partial charge in [0.05, 0.1) is 23.6 Å². The quantitative estimate of drug-likeness (QED) is 0.485. The van der Waals surface area contributed by atoms with E-state index in [2.05, 4.69) is 15.0 Å². The third-order valence-corrected chi connectivity index (χ3v) is 7.35. The Balaban J connectivity index is 1.37. The molecule has 0 amide bonds. The summed E-state index contributed by atoms with van der Waals surface area (Å²) in [5.41, 5.74) is 2.26. The maximum Gasteiger partial charge on any atom is 0.338 e. The molecule has 0 atom stereocenters. The average molecular weight is 471 g/mol. The highest BCUT2D eigenvalue weighted by Gasteiger charge is 2.29. The SMILES string of the molecule is CCOC(=O)c1cccc(S(=O)(=O)N2CCN(Cc3nc(-c4ccc(C)cc4)no3)CC2)c1.